The van der Waals surface area contributed by atoms with Gasteiger partial charge in [-0.15, -0.1) is 0 Å². The minimum absolute atomic E-state index is 0.0274. The lowest BCUT2D eigenvalue weighted by Gasteiger charge is -2.41. The van der Waals surface area contributed by atoms with Gasteiger partial charge in [0.1, 0.15) is 30.5 Å². The summed E-state index contributed by atoms with van der Waals surface area (Å²) in [6, 6.07) is 0. The molecule has 1 heterocycles. The molecular weight excluding hydrogens is 801 g/mol. The summed E-state index contributed by atoms with van der Waals surface area (Å²) in [5, 5.41) is 30.7. The minimum atomic E-state index is -5.07. The Morgan fingerprint density at radius 3 is 1.61 bits per heavy atom. The molecule has 0 aromatic rings. The zero-order chi connectivity index (χ0) is 44.7. The van der Waals surface area contributed by atoms with Crippen molar-refractivity contribution in [3.8, 4) is 0 Å². The average molecular weight is 887 g/mol. The highest BCUT2D eigenvalue weighted by Crippen LogP contribution is 2.26. The number of ether oxygens (including phenoxy) is 4. The van der Waals surface area contributed by atoms with Crippen molar-refractivity contribution in [3.05, 3.63) is 48.6 Å². The van der Waals surface area contributed by atoms with Gasteiger partial charge in [0.2, 0.25) is 0 Å². The highest BCUT2D eigenvalue weighted by molar-refractivity contribution is 7.80. The fourth-order valence-electron chi connectivity index (χ4n) is 7.01. The van der Waals surface area contributed by atoms with Crippen molar-refractivity contribution >= 4 is 16.4 Å². The first-order chi connectivity index (χ1) is 29.6. The zero-order valence-electron chi connectivity index (χ0n) is 38.0. The number of hydrogen-bond acceptors (Lipinski definition) is 11. The fourth-order valence-corrected chi connectivity index (χ4v) is 7.52. The lowest BCUT2D eigenvalue weighted by Crippen LogP contribution is -2.60. The van der Waals surface area contributed by atoms with E-state index in [1.165, 1.54) is 89.9 Å². The lowest BCUT2D eigenvalue weighted by molar-refractivity contribution is -0.301. The lowest BCUT2D eigenvalue weighted by atomic mass is 9.99. The van der Waals surface area contributed by atoms with Gasteiger partial charge in [-0.2, -0.15) is 8.42 Å². The van der Waals surface area contributed by atoms with Gasteiger partial charge in [-0.3, -0.25) is 9.35 Å². The Labute approximate surface area is 370 Å². The predicted octanol–water partition coefficient (Wildman–Crippen LogP) is 10.4. The monoisotopic (exact) mass is 887 g/mol. The van der Waals surface area contributed by atoms with E-state index in [0.29, 0.717) is 13.0 Å². The maximum Gasteiger partial charge on any atom is 0.397 e. The van der Waals surface area contributed by atoms with Crippen molar-refractivity contribution < 1.29 is 56.2 Å². The van der Waals surface area contributed by atoms with E-state index in [2.05, 4.69) is 66.6 Å². The van der Waals surface area contributed by atoms with Crippen LogP contribution in [0.4, 0.5) is 0 Å². The third-order valence-electron chi connectivity index (χ3n) is 10.7. The van der Waals surface area contributed by atoms with E-state index < -0.39 is 59.8 Å². The van der Waals surface area contributed by atoms with E-state index in [4.69, 9.17) is 23.5 Å². The standard InChI is InChI=1S/C48H86O12S/c1-3-5-7-9-11-13-15-17-19-20-21-22-23-24-26-28-30-32-34-36-38-56-40-42(41-57-48-46(52)47(60-61(53,54)55)45(51)43(39-49)59-48)58-44(50)37-35-33-31-29-27-25-18-16-14-12-10-8-6-4-2/h10-13,16-19,42-43,45-49,51-52H,3-9,14-15,20-41H2,1-2H3,(H,53,54,55)/b12-10-,13-11-,18-16-,19-17-. The molecule has 356 valence electrons. The van der Waals surface area contributed by atoms with E-state index >= 15 is 0 Å². The molecule has 6 atom stereocenters. The van der Waals surface area contributed by atoms with Gasteiger partial charge in [0.15, 0.2) is 6.29 Å². The summed E-state index contributed by atoms with van der Waals surface area (Å²) < 4.78 is 59.1. The summed E-state index contributed by atoms with van der Waals surface area (Å²) in [5.74, 6) is -0.415. The molecule has 1 fully saturated rings. The highest BCUT2D eigenvalue weighted by atomic mass is 32.3. The molecule has 0 saturated carbocycles. The van der Waals surface area contributed by atoms with Gasteiger partial charge in [0, 0.05) is 13.0 Å². The number of esters is 1. The zero-order valence-corrected chi connectivity index (χ0v) is 38.8. The van der Waals surface area contributed by atoms with Gasteiger partial charge in [0.25, 0.3) is 0 Å². The molecule has 0 aromatic carbocycles. The van der Waals surface area contributed by atoms with Crippen LogP contribution >= 0.6 is 0 Å². The molecule has 0 bridgehead atoms. The number of rotatable bonds is 41. The first-order valence-electron chi connectivity index (χ1n) is 23.9. The van der Waals surface area contributed by atoms with Crippen LogP contribution in [0.25, 0.3) is 0 Å². The third-order valence-corrected chi connectivity index (χ3v) is 11.1. The van der Waals surface area contributed by atoms with E-state index in [1.807, 2.05) is 0 Å². The second kappa shape index (κ2) is 39.6. The molecule has 1 aliphatic rings. The molecule has 1 rings (SSSR count). The van der Waals surface area contributed by atoms with Crippen molar-refractivity contribution in [1.29, 1.82) is 0 Å². The van der Waals surface area contributed by atoms with Crippen molar-refractivity contribution in [2.75, 3.05) is 26.4 Å². The average Bonchev–Trinajstić information content (AvgIpc) is 3.23. The van der Waals surface area contributed by atoms with Crippen LogP contribution in [0.5, 0.6) is 0 Å². The molecule has 1 saturated heterocycles. The molecule has 1 aliphatic heterocycles. The number of hydrogen-bond donors (Lipinski definition) is 4. The van der Waals surface area contributed by atoms with E-state index in [0.717, 1.165) is 70.6 Å². The Bertz CT molecular complexity index is 1250. The summed E-state index contributed by atoms with van der Waals surface area (Å²) >= 11 is 0. The van der Waals surface area contributed by atoms with Crippen LogP contribution in [0.2, 0.25) is 0 Å². The Kier molecular flexibility index (Phi) is 37.1. The number of aliphatic hydroxyl groups excluding tert-OH is 3. The van der Waals surface area contributed by atoms with Crippen LogP contribution in [-0.2, 0) is 38.3 Å². The maximum atomic E-state index is 12.8. The van der Waals surface area contributed by atoms with Gasteiger partial charge in [-0.25, -0.2) is 4.18 Å². The summed E-state index contributed by atoms with van der Waals surface area (Å²) in [5.41, 5.74) is 0. The number of carbonyl (C=O) groups is 1. The van der Waals surface area contributed by atoms with Crippen LogP contribution in [-0.4, -0.2) is 97.5 Å². The quantitative estimate of drug-likeness (QED) is 0.0198. The SMILES string of the molecule is CCCC/C=C\C/C=C\CCCCCCCC(=O)OC(COCCCCCCCCCCCC/C=C\C/C=C\CCCCC)COC1OC(CO)C(O)C(OS(=O)(=O)O)C1O. The molecular formula is C48H86O12S. The second-order valence-electron chi connectivity index (χ2n) is 16.3. The topological polar surface area (TPSA) is 178 Å². The predicted molar refractivity (Wildman–Crippen MR) is 243 cm³/mol. The fraction of sp³-hybridized carbons (Fsp3) is 0.812. The van der Waals surface area contributed by atoms with Gasteiger partial charge < -0.3 is 34.3 Å². The van der Waals surface area contributed by atoms with Gasteiger partial charge in [-0.05, 0) is 70.6 Å². The summed E-state index contributed by atoms with van der Waals surface area (Å²) in [4.78, 5) is 12.8. The van der Waals surface area contributed by atoms with Gasteiger partial charge in [-0.1, -0.05) is 159 Å². The molecule has 13 heteroatoms. The van der Waals surface area contributed by atoms with Crippen LogP contribution in [0.1, 0.15) is 187 Å². The number of allylic oxidation sites excluding steroid dienone is 8. The van der Waals surface area contributed by atoms with Crippen LogP contribution < -0.4 is 0 Å². The normalized spacial score (nSPS) is 20.5. The smallest absolute Gasteiger partial charge is 0.397 e. The van der Waals surface area contributed by atoms with Crippen molar-refractivity contribution in [1.82, 2.24) is 0 Å². The maximum absolute atomic E-state index is 12.8. The molecule has 12 nitrogen and oxygen atoms in total. The summed E-state index contributed by atoms with van der Waals surface area (Å²) in [7, 11) is -5.07. The van der Waals surface area contributed by atoms with Crippen molar-refractivity contribution in [3.63, 3.8) is 0 Å². The largest absolute Gasteiger partial charge is 0.457 e. The number of carbonyl (C=O) groups excluding carboxylic acids is 1. The number of unbranched alkanes of at least 4 members (excludes halogenated alkanes) is 20. The molecule has 0 spiro atoms. The summed E-state index contributed by atoms with van der Waals surface area (Å²) in [6.07, 6.45) is 38.5. The van der Waals surface area contributed by atoms with Crippen LogP contribution in [0.15, 0.2) is 48.6 Å². The molecule has 0 aromatic heterocycles. The van der Waals surface area contributed by atoms with Gasteiger partial charge in [0.05, 0.1) is 19.8 Å². The van der Waals surface area contributed by atoms with E-state index in [9.17, 15) is 28.5 Å². The summed E-state index contributed by atoms with van der Waals surface area (Å²) in [6.45, 7) is 3.90. The second-order valence-corrected chi connectivity index (χ2v) is 17.4. The Morgan fingerprint density at radius 2 is 1.10 bits per heavy atom. The first-order valence-corrected chi connectivity index (χ1v) is 25.3. The van der Waals surface area contributed by atoms with Gasteiger partial charge >= 0.3 is 16.4 Å². The molecule has 4 N–H and O–H groups in total. The van der Waals surface area contributed by atoms with Crippen molar-refractivity contribution in [2.45, 2.75) is 224 Å². The Hall–Kier alpha value is -1.94. The van der Waals surface area contributed by atoms with Crippen molar-refractivity contribution in [2.24, 2.45) is 0 Å². The van der Waals surface area contributed by atoms with Crippen LogP contribution in [0.3, 0.4) is 0 Å². The Morgan fingerprint density at radius 1 is 0.623 bits per heavy atom. The van der Waals surface area contributed by atoms with Crippen LogP contribution in [0, 0.1) is 0 Å². The Balaban J connectivity index is 2.39. The molecule has 0 aliphatic carbocycles. The van der Waals surface area contributed by atoms with E-state index in [1.54, 1.807) is 0 Å². The molecule has 61 heavy (non-hydrogen) atoms. The third kappa shape index (κ3) is 33.3. The molecule has 0 radical (unpaired) electrons. The highest BCUT2D eigenvalue weighted by Gasteiger charge is 2.48. The minimum Gasteiger partial charge on any atom is -0.457 e. The van der Waals surface area contributed by atoms with E-state index in [-0.39, 0.29) is 19.6 Å². The molecule has 6 unspecified atom stereocenters. The first kappa shape index (κ1) is 57.1. The molecule has 0 amide bonds. The number of aliphatic hydroxyl groups is 3.